The maximum absolute atomic E-state index is 9.10. The number of nitrogens with zero attached hydrogens (tertiary/aromatic N) is 1. The van der Waals surface area contributed by atoms with Gasteiger partial charge < -0.3 is 0 Å². The zero-order chi connectivity index (χ0) is 9.03. The number of thiophene rings is 1. The first-order chi connectivity index (χ1) is 5.79. The van der Waals surface area contributed by atoms with Gasteiger partial charge in [-0.2, -0.15) is 16.6 Å². The van der Waals surface area contributed by atoms with Crippen molar-refractivity contribution in [2.75, 3.05) is 0 Å². The fourth-order valence-electron chi connectivity index (χ4n) is 1.42. The Labute approximate surface area is 77.7 Å². The SMILES string of the molecule is CCC(C#N)(CC)c1ccsc1. The molecule has 0 amide bonds. The number of hydrogen-bond acceptors (Lipinski definition) is 2. The molecule has 1 nitrogen and oxygen atoms in total. The van der Waals surface area contributed by atoms with Crippen molar-refractivity contribution in [3.05, 3.63) is 22.4 Å². The van der Waals surface area contributed by atoms with Crippen LogP contribution >= 0.6 is 11.3 Å². The van der Waals surface area contributed by atoms with E-state index in [1.165, 1.54) is 5.56 Å². The van der Waals surface area contributed by atoms with Crippen molar-refractivity contribution in [1.82, 2.24) is 0 Å². The second-order valence-electron chi connectivity index (χ2n) is 2.91. The number of rotatable bonds is 3. The molecule has 12 heavy (non-hydrogen) atoms. The monoisotopic (exact) mass is 179 g/mol. The van der Waals surface area contributed by atoms with Crippen LogP contribution in [0.25, 0.3) is 0 Å². The lowest BCUT2D eigenvalue weighted by atomic mass is 9.79. The van der Waals surface area contributed by atoms with E-state index in [9.17, 15) is 0 Å². The first-order valence-electron chi connectivity index (χ1n) is 4.23. The predicted molar refractivity (Wildman–Crippen MR) is 52.2 cm³/mol. The van der Waals surface area contributed by atoms with E-state index in [4.69, 9.17) is 5.26 Å². The maximum atomic E-state index is 9.10. The summed E-state index contributed by atoms with van der Waals surface area (Å²) in [6.07, 6.45) is 1.80. The van der Waals surface area contributed by atoms with Crippen LogP contribution in [0.15, 0.2) is 16.8 Å². The Morgan fingerprint density at radius 3 is 2.50 bits per heavy atom. The Balaban J connectivity index is 3.03. The van der Waals surface area contributed by atoms with Crippen LogP contribution in [0.3, 0.4) is 0 Å². The third-order valence-electron chi connectivity index (χ3n) is 2.49. The van der Waals surface area contributed by atoms with E-state index >= 15 is 0 Å². The summed E-state index contributed by atoms with van der Waals surface area (Å²) in [5, 5.41) is 13.2. The Kier molecular flexibility index (Phi) is 2.88. The van der Waals surface area contributed by atoms with Gasteiger partial charge in [-0.25, -0.2) is 0 Å². The van der Waals surface area contributed by atoms with Crippen LogP contribution in [0, 0.1) is 11.3 Å². The zero-order valence-corrected chi connectivity index (χ0v) is 8.32. The highest BCUT2D eigenvalue weighted by atomic mass is 32.1. The second-order valence-corrected chi connectivity index (χ2v) is 3.69. The minimum atomic E-state index is -0.236. The quantitative estimate of drug-likeness (QED) is 0.698. The molecule has 1 heterocycles. The second kappa shape index (κ2) is 3.73. The molecule has 1 rings (SSSR count). The highest BCUT2D eigenvalue weighted by Crippen LogP contribution is 2.31. The largest absolute Gasteiger partial charge is 0.197 e. The van der Waals surface area contributed by atoms with Crippen molar-refractivity contribution in [2.45, 2.75) is 32.1 Å². The molecule has 1 aromatic heterocycles. The van der Waals surface area contributed by atoms with Crippen molar-refractivity contribution in [1.29, 1.82) is 5.26 Å². The van der Waals surface area contributed by atoms with Crippen LogP contribution in [0.4, 0.5) is 0 Å². The smallest absolute Gasteiger partial charge is 0.0825 e. The molecular formula is C10H13NS. The lowest BCUT2D eigenvalue weighted by Crippen LogP contribution is -2.20. The molecular weight excluding hydrogens is 166 g/mol. The molecule has 0 bridgehead atoms. The van der Waals surface area contributed by atoms with E-state index in [1.54, 1.807) is 11.3 Å². The van der Waals surface area contributed by atoms with Crippen LogP contribution < -0.4 is 0 Å². The lowest BCUT2D eigenvalue weighted by molar-refractivity contribution is 0.513. The van der Waals surface area contributed by atoms with Gasteiger partial charge in [0.1, 0.15) is 0 Å². The van der Waals surface area contributed by atoms with Crippen LogP contribution in [-0.4, -0.2) is 0 Å². The van der Waals surface area contributed by atoms with Gasteiger partial charge in [0.2, 0.25) is 0 Å². The molecule has 0 aromatic carbocycles. The summed E-state index contributed by atoms with van der Waals surface area (Å²) in [5.74, 6) is 0. The third kappa shape index (κ3) is 1.37. The minimum absolute atomic E-state index is 0.236. The van der Waals surface area contributed by atoms with Gasteiger partial charge in [0.15, 0.2) is 0 Å². The van der Waals surface area contributed by atoms with Gasteiger partial charge in [0.05, 0.1) is 11.5 Å². The molecule has 0 radical (unpaired) electrons. The van der Waals surface area contributed by atoms with E-state index in [-0.39, 0.29) is 5.41 Å². The average molecular weight is 179 g/mol. The number of nitriles is 1. The van der Waals surface area contributed by atoms with E-state index < -0.39 is 0 Å². The normalized spacial score (nSPS) is 11.1. The molecule has 1 aromatic rings. The Hall–Kier alpha value is -0.810. The molecule has 64 valence electrons. The molecule has 0 N–H and O–H groups in total. The highest BCUT2D eigenvalue weighted by Gasteiger charge is 2.28. The van der Waals surface area contributed by atoms with Crippen molar-refractivity contribution in [3.63, 3.8) is 0 Å². The molecule has 0 spiro atoms. The molecule has 0 unspecified atom stereocenters. The van der Waals surface area contributed by atoms with Crippen molar-refractivity contribution >= 4 is 11.3 Å². The summed E-state index contributed by atoms with van der Waals surface area (Å²) in [6, 6.07) is 4.48. The predicted octanol–water partition coefficient (Wildman–Crippen LogP) is 3.33. The molecule has 0 aliphatic carbocycles. The van der Waals surface area contributed by atoms with Gasteiger partial charge in [-0.1, -0.05) is 13.8 Å². The Bertz CT molecular complexity index is 265. The van der Waals surface area contributed by atoms with Crippen LogP contribution in [0.1, 0.15) is 32.3 Å². The van der Waals surface area contributed by atoms with E-state index in [1.807, 2.05) is 5.38 Å². The summed E-state index contributed by atoms with van der Waals surface area (Å²) in [4.78, 5) is 0. The van der Waals surface area contributed by atoms with Crippen LogP contribution in [-0.2, 0) is 5.41 Å². The molecule has 0 aliphatic heterocycles. The fraction of sp³-hybridized carbons (Fsp3) is 0.500. The Morgan fingerprint density at radius 2 is 2.17 bits per heavy atom. The van der Waals surface area contributed by atoms with Gasteiger partial charge in [0, 0.05) is 0 Å². The molecule has 0 saturated carbocycles. The van der Waals surface area contributed by atoms with Gasteiger partial charge in [-0.05, 0) is 35.2 Å². The minimum Gasteiger partial charge on any atom is -0.197 e. The summed E-state index contributed by atoms with van der Waals surface area (Å²) in [5.41, 5.74) is 0.944. The van der Waals surface area contributed by atoms with Crippen molar-refractivity contribution in [2.24, 2.45) is 0 Å². The highest BCUT2D eigenvalue weighted by molar-refractivity contribution is 7.08. The molecule has 0 atom stereocenters. The topological polar surface area (TPSA) is 23.8 Å². The third-order valence-corrected chi connectivity index (χ3v) is 3.18. The lowest BCUT2D eigenvalue weighted by Gasteiger charge is -2.21. The fourth-order valence-corrected chi connectivity index (χ4v) is 2.17. The molecule has 2 heteroatoms. The molecule has 0 aliphatic rings. The summed E-state index contributed by atoms with van der Waals surface area (Å²) < 4.78 is 0. The van der Waals surface area contributed by atoms with Gasteiger partial charge in [0.25, 0.3) is 0 Å². The van der Waals surface area contributed by atoms with E-state index in [2.05, 4.69) is 31.4 Å². The number of hydrogen-bond donors (Lipinski definition) is 0. The van der Waals surface area contributed by atoms with Gasteiger partial charge in [-0.3, -0.25) is 0 Å². The standard InChI is InChI=1S/C10H13NS/c1-3-10(4-2,8-11)9-5-6-12-7-9/h5-7H,3-4H2,1-2H3. The average Bonchev–Trinajstić information content (AvgIpc) is 2.62. The van der Waals surface area contributed by atoms with Crippen LogP contribution in [0.5, 0.6) is 0 Å². The zero-order valence-electron chi connectivity index (χ0n) is 7.50. The van der Waals surface area contributed by atoms with Gasteiger partial charge in [-0.15, -0.1) is 0 Å². The van der Waals surface area contributed by atoms with E-state index in [0.717, 1.165) is 12.8 Å². The first-order valence-corrected chi connectivity index (χ1v) is 5.17. The molecule has 0 saturated heterocycles. The van der Waals surface area contributed by atoms with E-state index in [0.29, 0.717) is 0 Å². The summed E-state index contributed by atoms with van der Waals surface area (Å²) >= 11 is 1.66. The first kappa shape index (κ1) is 9.28. The summed E-state index contributed by atoms with van der Waals surface area (Å²) in [6.45, 7) is 4.15. The summed E-state index contributed by atoms with van der Waals surface area (Å²) in [7, 11) is 0. The molecule has 0 fully saturated rings. The maximum Gasteiger partial charge on any atom is 0.0825 e. The van der Waals surface area contributed by atoms with Crippen LogP contribution in [0.2, 0.25) is 0 Å². The van der Waals surface area contributed by atoms with Crippen molar-refractivity contribution in [3.8, 4) is 6.07 Å². The van der Waals surface area contributed by atoms with Gasteiger partial charge >= 0.3 is 0 Å². The Morgan fingerprint density at radius 1 is 1.50 bits per heavy atom. The van der Waals surface area contributed by atoms with Crippen molar-refractivity contribution < 1.29 is 0 Å².